The van der Waals surface area contributed by atoms with Gasteiger partial charge in [-0.2, -0.15) is 0 Å². The van der Waals surface area contributed by atoms with Crippen LogP contribution in [0.1, 0.15) is 45.6 Å². The average molecular weight is 383 g/mol. The molecule has 1 aromatic rings. The lowest BCUT2D eigenvalue weighted by Crippen LogP contribution is -2.75. The summed E-state index contributed by atoms with van der Waals surface area (Å²) in [4.78, 5) is 5.09. The molecule has 3 aliphatic heterocycles. The van der Waals surface area contributed by atoms with E-state index >= 15 is 0 Å². The SMILES string of the molecule is CC[C@@]1(O)[C@H](C)[C@]2(CC)C=CCN3CC[C@@]4(c5ccc(OC)cc5N(C)[C@@H]14)C32. The molecule has 0 bridgehead atoms. The zero-order valence-corrected chi connectivity index (χ0v) is 17.9. The van der Waals surface area contributed by atoms with E-state index in [1.165, 1.54) is 11.3 Å². The summed E-state index contributed by atoms with van der Waals surface area (Å²) in [6.45, 7) is 8.94. The van der Waals surface area contributed by atoms with Gasteiger partial charge >= 0.3 is 0 Å². The van der Waals surface area contributed by atoms with Crippen LogP contribution < -0.4 is 9.64 Å². The molecule has 1 aromatic carbocycles. The monoisotopic (exact) mass is 382 g/mol. The minimum Gasteiger partial charge on any atom is -0.497 e. The minimum absolute atomic E-state index is 0.0123. The van der Waals surface area contributed by atoms with Gasteiger partial charge in [0.25, 0.3) is 0 Å². The van der Waals surface area contributed by atoms with E-state index in [-0.39, 0.29) is 22.8 Å². The molecule has 1 saturated carbocycles. The van der Waals surface area contributed by atoms with E-state index in [9.17, 15) is 5.11 Å². The lowest BCUT2D eigenvalue weighted by atomic mass is 9.45. The summed E-state index contributed by atoms with van der Waals surface area (Å²) in [5.41, 5.74) is 1.91. The van der Waals surface area contributed by atoms with Gasteiger partial charge in [0.1, 0.15) is 5.75 Å². The number of aliphatic hydroxyl groups is 1. The fourth-order valence-electron chi connectivity index (χ4n) is 7.94. The molecule has 152 valence electrons. The summed E-state index contributed by atoms with van der Waals surface area (Å²) in [7, 11) is 3.92. The van der Waals surface area contributed by atoms with E-state index in [4.69, 9.17) is 4.74 Å². The van der Waals surface area contributed by atoms with Crippen molar-refractivity contribution in [3.63, 3.8) is 0 Å². The number of methoxy groups -OCH3 is 1. The highest BCUT2D eigenvalue weighted by Gasteiger charge is 2.74. The molecule has 6 atom stereocenters. The smallest absolute Gasteiger partial charge is 0.120 e. The minimum atomic E-state index is -0.731. The largest absolute Gasteiger partial charge is 0.497 e. The quantitative estimate of drug-likeness (QED) is 0.811. The molecular weight excluding hydrogens is 348 g/mol. The lowest BCUT2D eigenvalue weighted by molar-refractivity contribution is -0.157. The zero-order valence-electron chi connectivity index (χ0n) is 17.9. The third kappa shape index (κ3) is 1.80. The second-order valence-corrected chi connectivity index (χ2v) is 9.52. The van der Waals surface area contributed by atoms with E-state index in [1.54, 1.807) is 7.11 Å². The Hall–Kier alpha value is -1.52. The number of anilines is 1. The molecule has 4 aliphatic rings. The first-order valence-corrected chi connectivity index (χ1v) is 11.0. The first-order chi connectivity index (χ1) is 13.4. The first kappa shape index (κ1) is 18.5. The molecule has 0 amide bonds. The summed E-state index contributed by atoms with van der Waals surface area (Å²) >= 11 is 0. The van der Waals surface area contributed by atoms with Crippen LogP contribution in [0, 0.1) is 11.3 Å². The molecule has 1 spiro atoms. The Morgan fingerprint density at radius 3 is 2.68 bits per heavy atom. The van der Waals surface area contributed by atoms with Crippen LogP contribution in [0.2, 0.25) is 0 Å². The molecule has 1 saturated heterocycles. The summed E-state index contributed by atoms with van der Waals surface area (Å²) in [5.74, 6) is 1.10. The molecule has 0 radical (unpaired) electrons. The molecular formula is C24H34N2O2. The fourth-order valence-corrected chi connectivity index (χ4v) is 7.94. The van der Waals surface area contributed by atoms with Gasteiger partial charge in [0, 0.05) is 42.2 Å². The molecule has 2 fully saturated rings. The van der Waals surface area contributed by atoms with Gasteiger partial charge in [-0.3, -0.25) is 4.90 Å². The highest BCUT2D eigenvalue weighted by atomic mass is 16.5. The van der Waals surface area contributed by atoms with Gasteiger partial charge in [-0.25, -0.2) is 0 Å². The van der Waals surface area contributed by atoms with E-state index in [0.29, 0.717) is 6.04 Å². The van der Waals surface area contributed by atoms with Gasteiger partial charge in [0.05, 0.1) is 18.8 Å². The second-order valence-electron chi connectivity index (χ2n) is 9.52. The lowest BCUT2D eigenvalue weighted by Gasteiger charge is -2.65. The van der Waals surface area contributed by atoms with Gasteiger partial charge < -0.3 is 14.7 Å². The molecule has 5 rings (SSSR count). The summed E-state index contributed by atoms with van der Waals surface area (Å²) in [6.07, 6.45) is 7.80. The van der Waals surface area contributed by atoms with Crippen LogP contribution in [0.25, 0.3) is 0 Å². The second kappa shape index (κ2) is 5.76. The highest BCUT2D eigenvalue weighted by molar-refractivity contribution is 5.69. The number of nitrogens with zero attached hydrogens (tertiary/aromatic N) is 2. The van der Waals surface area contributed by atoms with Gasteiger partial charge in [-0.05, 0) is 43.4 Å². The third-order valence-corrected chi connectivity index (χ3v) is 9.11. The van der Waals surface area contributed by atoms with Gasteiger partial charge in [0.2, 0.25) is 0 Å². The average Bonchev–Trinajstić information content (AvgIpc) is 3.23. The van der Waals surface area contributed by atoms with Crippen molar-refractivity contribution in [1.29, 1.82) is 0 Å². The van der Waals surface area contributed by atoms with Crippen LogP contribution in [0.15, 0.2) is 30.4 Å². The zero-order chi connectivity index (χ0) is 19.9. The Kier molecular flexibility index (Phi) is 3.81. The predicted molar refractivity (Wildman–Crippen MR) is 113 cm³/mol. The molecule has 1 aliphatic carbocycles. The van der Waals surface area contributed by atoms with Crippen molar-refractivity contribution in [1.82, 2.24) is 4.90 Å². The summed E-state index contributed by atoms with van der Waals surface area (Å²) in [5, 5.41) is 12.3. The summed E-state index contributed by atoms with van der Waals surface area (Å²) < 4.78 is 5.55. The topological polar surface area (TPSA) is 35.9 Å². The van der Waals surface area contributed by atoms with E-state index in [0.717, 1.165) is 38.1 Å². The number of fused-ring (bicyclic) bond motifs is 1. The van der Waals surface area contributed by atoms with Crippen LogP contribution in [0.5, 0.6) is 5.75 Å². The molecule has 4 heteroatoms. The van der Waals surface area contributed by atoms with Gasteiger partial charge in [-0.1, -0.05) is 39.0 Å². The number of ether oxygens (including phenoxy) is 1. The molecule has 0 aromatic heterocycles. The maximum absolute atomic E-state index is 12.3. The maximum atomic E-state index is 12.3. The molecule has 3 heterocycles. The maximum Gasteiger partial charge on any atom is 0.120 e. The van der Waals surface area contributed by atoms with E-state index in [2.05, 4.69) is 68.0 Å². The van der Waals surface area contributed by atoms with Crippen molar-refractivity contribution in [3.8, 4) is 5.75 Å². The van der Waals surface area contributed by atoms with E-state index < -0.39 is 5.60 Å². The highest BCUT2D eigenvalue weighted by Crippen LogP contribution is 2.68. The Morgan fingerprint density at radius 2 is 2.00 bits per heavy atom. The van der Waals surface area contributed by atoms with Crippen LogP contribution in [-0.4, -0.2) is 54.9 Å². The third-order valence-electron chi connectivity index (χ3n) is 9.11. The van der Waals surface area contributed by atoms with Gasteiger partial charge in [-0.15, -0.1) is 0 Å². The summed E-state index contributed by atoms with van der Waals surface area (Å²) in [6, 6.07) is 7.13. The van der Waals surface area contributed by atoms with Gasteiger partial charge in [0.15, 0.2) is 0 Å². The number of likely N-dealkylation sites (N-methyl/N-ethyl adjacent to an activating group) is 1. The molecule has 4 nitrogen and oxygen atoms in total. The Morgan fingerprint density at radius 1 is 1.21 bits per heavy atom. The molecule has 1 unspecified atom stereocenters. The number of rotatable bonds is 3. The van der Waals surface area contributed by atoms with Crippen LogP contribution in [0.3, 0.4) is 0 Å². The van der Waals surface area contributed by atoms with E-state index in [1.807, 2.05) is 0 Å². The van der Waals surface area contributed by atoms with Crippen molar-refractivity contribution >= 4 is 5.69 Å². The normalized spacial score (nSPS) is 43.6. The number of hydrogen-bond acceptors (Lipinski definition) is 4. The fraction of sp³-hybridized carbons (Fsp3) is 0.667. The number of hydrogen-bond donors (Lipinski definition) is 1. The molecule has 28 heavy (non-hydrogen) atoms. The van der Waals surface area contributed by atoms with Crippen LogP contribution in [-0.2, 0) is 5.41 Å². The van der Waals surface area contributed by atoms with Crippen LogP contribution >= 0.6 is 0 Å². The predicted octanol–water partition coefficient (Wildman–Crippen LogP) is 3.58. The molecule has 1 N–H and O–H groups in total. The Balaban J connectivity index is 1.83. The standard InChI is InChI=1S/C24H34N2O2/c1-6-22-11-8-13-26-14-12-23(20(22)26)18-10-9-17(28-5)15-19(18)25(4)21(23)24(27,7-2)16(22)3/h8-11,15-16,20-21,27H,6-7,12-14H2,1-5H3/t16-,20?,21-,22+,23-,24-/m1/s1. The van der Waals surface area contributed by atoms with Crippen molar-refractivity contribution in [2.45, 2.75) is 63.1 Å². The van der Waals surface area contributed by atoms with Crippen molar-refractivity contribution in [2.24, 2.45) is 11.3 Å². The number of benzene rings is 1. The van der Waals surface area contributed by atoms with Crippen molar-refractivity contribution in [3.05, 3.63) is 35.9 Å². The van der Waals surface area contributed by atoms with Crippen molar-refractivity contribution in [2.75, 3.05) is 32.1 Å². The Labute approximate surface area is 169 Å². The Bertz CT molecular complexity index is 838. The van der Waals surface area contributed by atoms with Crippen LogP contribution in [0.4, 0.5) is 5.69 Å². The van der Waals surface area contributed by atoms with Crippen molar-refractivity contribution < 1.29 is 9.84 Å². The first-order valence-electron chi connectivity index (χ1n) is 11.0.